The lowest BCUT2D eigenvalue weighted by atomic mass is 10.3. The molecule has 6 heteroatoms. The third kappa shape index (κ3) is 5.57. The van der Waals surface area contributed by atoms with E-state index in [4.69, 9.17) is 27.9 Å². The first-order chi connectivity index (χ1) is 9.56. The number of nitrogens with one attached hydrogen (secondary N) is 1. The Bertz CT molecular complexity index is 441. The molecule has 0 unspecified atom stereocenters. The quantitative estimate of drug-likeness (QED) is 0.749. The third-order valence-electron chi connectivity index (χ3n) is 2.83. The van der Waals surface area contributed by atoms with E-state index < -0.39 is 0 Å². The minimum atomic E-state index is 0.112. The summed E-state index contributed by atoms with van der Waals surface area (Å²) in [6, 6.07) is 5.24. The first-order valence-electron chi connectivity index (χ1n) is 6.51. The summed E-state index contributed by atoms with van der Waals surface area (Å²) < 4.78 is 5.53. The first kappa shape index (κ1) is 17.1. The molecule has 0 aliphatic rings. The summed E-state index contributed by atoms with van der Waals surface area (Å²) in [7, 11) is 3.66. The van der Waals surface area contributed by atoms with Crippen LogP contribution in [-0.2, 0) is 4.79 Å². The van der Waals surface area contributed by atoms with Gasteiger partial charge in [-0.2, -0.15) is 0 Å². The van der Waals surface area contributed by atoms with E-state index in [1.54, 1.807) is 30.1 Å². The van der Waals surface area contributed by atoms with E-state index in [-0.39, 0.29) is 5.91 Å². The summed E-state index contributed by atoms with van der Waals surface area (Å²) in [6.45, 7) is 1.93. The number of amides is 1. The number of hydrogen-bond acceptors (Lipinski definition) is 3. The highest BCUT2D eigenvalue weighted by atomic mass is 35.5. The second-order valence-corrected chi connectivity index (χ2v) is 5.21. The molecule has 1 rings (SSSR count). The van der Waals surface area contributed by atoms with Gasteiger partial charge in [0.1, 0.15) is 10.8 Å². The van der Waals surface area contributed by atoms with Gasteiger partial charge < -0.3 is 15.0 Å². The van der Waals surface area contributed by atoms with Gasteiger partial charge in [0.2, 0.25) is 5.91 Å². The molecule has 0 saturated heterocycles. The van der Waals surface area contributed by atoms with Crippen LogP contribution < -0.4 is 10.1 Å². The largest absolute Gasteiger partial charge is 0.492 e. The minimum Gasteiger partial charge on any atom is -0.492 e. The van der Waals surface area contributed by atoms with Crippen LogP contribution in [0.25, 0.3) is 0 Å². The van der Waals surface area contributed by atoms with Gasteiger partial charge >= 0.3 is 0 Å². The summed E-state index contributed by atoms with van der Waals surface area (Å²) in [6.07, 6.45) is 1.10. The molecule has 0 aliphatic heterocycles. The summed E-state index contributed by atoms with van der Waals surface area (Å²) in [5.41, 5.74) is 0. The van der Waals surface area contributed by atoms with Gasteiger partial charge in [-0.1, -0.05) is 29.3 Å². The molecule has 1 aromatic carbocycles. The van der Waals surface area contributed by atoms with Crippen molar-refractivity contribution in [2.24, 2.45) is 0 Å². The fourth-order valence-corrected chi connectivity index (χ4v) is 1.94. The van der Waals surface area contributed by atoms with Gasteiger partial charge in [-0.25, -0.2) is 0 Å². The monoisotopic (exact) mass is 318 g/mol. The summed E-state index contributed by atoms with van der Waals surface area (Å²) in [4.78, 5) is 13.5. The SMILES string of the molecule is CNCCN(C)C(=O)CCCOc1cccc(Cl)c1Cl. The molecular formula is C14H20Cl2N2O2. The lowest BCUT2D eigenvalue weighted by Gasteiger charge is -2.16. The van der Waals surface area contributed by atoms with Crippen molar-refractivity contribution in [3.05, 3.63) is 28.2 Å². The summed E-state index contributed by atoms with van der Waals surface area (Å²) >= 11 is 11.9. The Morgan fingerprint density at radius 1 is 1.40 bits per heavy atom. The van der Waals surface area contributed by atoms with Crippen molar-refractivity contribution in [3.8, 4) is 5.75 Å². The fraction of sp³-hybridized carbons (Fsp3) is 0.500. The van der Waals surface area contributed by atoms with E-state index in [0.29, 0.717) is 41.8 Å². The molecule has 4 nitrogen and oxygen atoms in total. The van der Waals surface area contributed by atoms with Gasteiger partial charge in [0.05, 0.1) is 11.6 Å². The molecule has 0 spiro atoms. The number of halogens is 2. The number of likely N-dealkylation sites (N-methyl/N-ethyl adjacent to an activating group) is 2. The van der Waals surface area contributed by atoms with Gasteiger partial charge in [0.15, 0.2) is 0 Å². The van der Waals surface area contributed by atoms with Crippen molar-refractivity contribution in [1.29, 1.82) is 0 Å². The van der Waals surface area contributed by atoms with Crippen LogP contribution in [0.15, 0.2) is 18.2 Å². The van der Waals surface area contributed by atoms with Gasteiger partial charge in [-0.3, -0.25) is 4.79 Å². The number of carbonyl (C=O) groups is 1. The highest BCUT2D eigenvalue weighted by Crippen LogP contribution is 2.31. The molecule has 0 radical (unpaired) electrons. The van der Waals surface area contributed by atoms with Gasteiger partial charge in [0.25, 0.3) is 0 Å². The van der Waals surface area contributed by atoms with Crippen LogP contribution in [0.1, 0.15) is 12.8 Å². The van der Waals surface area contributed by atoms with E-state index in [1.807, 2.05) is 7.05 Å². The Labute approximate surface area is 130 Å². The Kier molecular flexibility index (Phi) is 7.73. The van der Waals surface area contributed by atoms with Crippen LogP contribution in [0.2, 0.25) is 10.0 Å². The van der Waals surface area contributed by atoms with Crippen molar-refractivity contribution in [1.82, 2.24) is 10.2 Å². The highest BCUT2D eigenvalue weighted by molar-refractivity contribution is 6.42. The average molecular weight is 319 g/mol. The smallest absolute Gasteiger partial charge is 0.222 e. The molecule has 1 amide bonds. The zero-order valence-corrected chi connectivity index (χ0v) is 13.3. The molecule has 0 aliphatic carbocycles. The van der Waals surface area contributed by atoms with Crippen LogP contribution in [0.5, 0.6) is 5.75 Å². The predicted molar refractivity (Wildman–Crippen MR) is 82.8 cm³/mol. The maximum Gasteiger partial charge on any atom is 0.222 e. The van der Waals surface area contributed by atoms with Crippen molar-refractivity contribution >= 4 is 29.1 Å². The normalized spacial score (nSPS) is 10.4. The molecule has 0 saturated carbocycles. The second kappa shape index (κ2) is 9.06. The molecule has 1 N–H and O–H groups in total. The minimum absolute atomic E-state index is 0.112. The number of benzene rings is 1. The van der Waals surface area contributed by atoms with Gasteiger partial charge in [-0.05, 0) is 25.6 Å². The molecule has 0 atom stereocenters. The molecule has 0 bridgehead atoms. The van der Waals surface area contributed by atoms with Crippen molar-refractivity contribution in [3.63, 3.8) is 0 Å². The molecule has 112 valence electrons. The number of rotatable bonds is 8. The fourth-order valence-electron chi connectivity index (χ4n) is 1.60. The van der Waals surface area contributed by atoms with Gasteiger partial charge in [-0.15, -0.1) is 0 Å². The number of carbonyl (C=O) groups excluding carboxylic acids is 1. The van der Waals surface area contributed by atoms with E-state index in [9.17, 15) is 4.79 Å². The third-order valence-corrected chi connectivity index (χ3v) is 3.63. The van der Waals surface area contributed by atoms with Crippen LogP contribution in [0.3, 0.4) is 0 Å². The molecule has 0 aromatic heterocycles. The topological polar surface area (TPSA) is 41.6 Å². The number of ether oxygens (including phenoxy) is 1. The Morgan fingerprint density at radius 2 is 2.15 bits per heavy atom. The van der Waals surface area contributed by atoms with Crippen LogP contribution >= 0.6 is 23.2 Å². The first-order valence-corrected chi connectivity index (χ1v) is 7.27. The summed E-state index contributed by atoms with van der Waals surface area (Å²) in [5.74, 6) is 0.663. The van der Waals surface area contributed by atoms with E-state index in [1.165, 1.54) is 0 Å². The van der Waals surface area contributed by atoms with Crippen molar-refractivity contribution in [2.45, 2.75) is 12.8 Å². The maximum absolute atomic E-state index is 11.8. The second-order valence-electron chi connectivity index (χ2n) is 4.42. The van der Waals surface area contributed by atoms with Crippen molar-refractivity contribution < 1.29 is 9.53 Å². The number of hydrogen-bond donors (Lipinski definition) is 1. The highest BCUT2D eigenvalue weighted by Gasteiger charge is 2.09. The Hall–Kier alpha value is -0.970. The predicted octanol–water partition coefficient (Wildman–Crippen LogP) is 2.83. The van der Waals surface area contributed by atoms with Gasteiger partial charge in [0, 0.05) is 26.6 Å². The molecule has 20 heavy (non-hydrogen) atoms. The zero-order chi connectivity index (χ0) is 15.0. The van der Waals surface area contributed by atoms with Crippen LogP contribution in [0, 0.1) is 0 Å². The molecular weight excluding hydrogens is 299 g/mol. The lowest BCUT2D eigenvalue weighted by Crippen LogP contribution is -2.32. The molecule has 0 fully saturated rings. The average Bonchev–Trinajstić information content (AvgIpc) is 2.44. The number of nitrogens with zero attached hydrogens (tertiary/aromatic N) is 1. The molecule has 0 heterocycles. The van der Waals surface area contributed by atoms with Crippen molar-refractivity contribution in [2.75, 3.05) is 33.8 Å². The Balaban J connectivity index is 2.28. The lowest BCUT2D eigenvalue weighted by molar-refractivity contribution is -0.130. The van der Waals surface area contributed by atoms with Crippen LogP contribution in [-0.4, -0.2) is 44.6 Å². The standard InChI is InChI=1S/C14H20Cl2N2O2/c1-17-8-9-18(2)13(19)7-4-10-20-12-6-3-5-11(15)14(12)16/h3,5-6,17H,4,7-10H2,1-2H3. The summed E-state index contributed by atoms with van der Waals surface area (Å²) in [5, 5.41) is 3.88. The molecule has 1 aromatic rings. The van der Waals surface area contributed by atoms with E-state index >= 15 is 0 Å². The zero-order valence-electron chi connectivity index (χ0n) is 11.8. The Morgan fingerprint density at radius 3 is 2.85 bits per heavy atom. The van der Waals surface area contributed by atoms with E-state index in [0.717, 1.165) is 6.54 Å². The van der Waals surface area contributed by atoms with Crippen LogP contribution in [0.4, 0.5) is 0 Å². The maximum atomic E-state index is 11.8. The van der Waals surface area contributed by atoms with E-state index in [2.05, 4.69) is 5.32 Å².